The van der Waals surface area contributed by atoms with E-state index in [2.05, 4.69) is 17.2 Å². The largest absolute Gasteiger partial charge is 0.393 e. The monoisotopic (exact) mass is 248 g/mol. The van der Waals surface area contributed by atoms with E-state index in [0.29, 0.717) is 11.5 Å². The van der Waals surface area contributed by atoms with E-state index >= 15 is 0 Å². The topological polar surface area (TPSA) is 62.2 Å². The number of pyridine rings is 1. The van der Waals surface area contributed by atoms with Gasteiger partial charge in [0.1, 0.15) is 0 Å². The van der Waals surface area contributed by atoms with Crippen LogP contribution in [0.1, 0.15) is 42.2 Å². The molecule has 0 spiro atoms. The maximum atomic E-state index is 12.1. The molecule has 1 unspecified atom stereocenters. The molecule has 4 nitrogen and oxygen atoms in total. The van der Waals surface area contributed by atoms with E-state index in [-0.39, 0.29) is 18.1 Å². The Kier molecular flexibility index (Phi) is 3.97. The average Bonchev–Trinajstić information content (AvgIpc) is 2.33. The van der Waals surface area contributed by atoms with Crippen LogP contribution in [-0.4, -0.2) is 28.1 Å². The third kappa shape index (κ3) is 2.70. The minimum Gasteiger partial charge on any atom is -0.393 e. The van der Waals surface area contributed by atoms with Crippen LogP contribution in [0.4, 0.5) is 0 Å². The van der Waals surface area contributed by atoms with E-state index in [0.717, 1.165) is 25.0 Å². The highest BCUT2D eigenvalue weighted by molar-refractivity contribution is 5.95. The Morgan fingerprint density at radius 1 is 1.61 bits per heavy atom. The van der Waals surface area contributed by atoms with E-state index < -0.39 is 0 Å². The van der Waals surface area contributed by atoms with Gasteiger partial charge >= 0.3 is 0 Å². The molecule has 1 aliphatic carbocycles. The van der Waals surface area contributed by atoms with Crippen molar-refractivity contribution in [3.05, 3.63) is 29.6 Å². The van der Waals surface area contributed by atoms with Gasteiger partial charge in [-0.2, -0.15) is 0 Å². The molecule has 1 saturated carbocycles. The summed E-state index contributed by atoms with van der Waals surface area (Å²) in [6, 6.07) is 3.72. The number of aliphatic hydroxyl groups excluding tert-OH is 1. The van der Waals surface area contributed by atoms with Gasteiger partial charge in [0.15, 0.2) is 0 Å². The van der Waals surface area contributed by atoms with Crippen LogP contribution in [0, 0.1) is 12.8 Å². The van der Waals surface area contributed by atoms with Crippen LogP contribution in [0.2, 0.25) is 0 Å². The summed E-state index contributed by atoms with van der Waals surface area (Å²) in [4.78, 5) is 16.3. The summed E-state index contributed by atoms with van der Waals surface area (Å²) in [6.07, 6.45) is 3.99. The van der Waals surface area contributed by atoms with Crippen LogP contribution >= 0.6 is 0 Å². The standard InChI is InChI=1S/C14H20N2O2/c1-3-13(10-7-11(17)8-10)16-14(18)12-5-4-6-15-9(12)2/h4-6,10-11,13,17H,3,7-8H2,1-2H3,(H,16,18). The van der Waals surface area contributed by atoms with Crippen LogP contribution in [0.3, 0.4) is 0 Å². The fourth-order valence-electron chi connectivity index (χ4n) is 2.48. The maximum absolute atomic E-state index is 12.1. The number of aryl methyl sites for hydroxylation is 1. The van der Waals surface area contributed by atoms with Gasteiger partial charge in [-0.1, -0.05) is 6.92 Å². The summed E-state index contributed by atoms with van der Waals surface area (Å²) in [5, 5.41) is 12.4. The van der Waals surface area contributed by atoms with Crippen LogP contribution in [-0.2, 0) is 0 Å². The zero-order valence-electron chi connectivity index (χ0n) is 10.9. The smallest absolute Gasteiger partial charge is 0.253 e. The molecule has 1 aromatic heterocycles. The molecule has 1 heterocycles. The number of carbonyl (C=O) groups excluding carboxylic acids is 1. The van der Waals surface area contributed by atoms with Crippen LogP contribution in [0.25, 0.3) is 0 Å². The van der Waals surface area contributed by atoms with Crippen molar-refractivity contribution in [2.45, 2.75) is 45.3 Å². The second-order valence-electron chi connectivity index (χ2n) is 5.01. The molecule has 1 amide bonds. The van der Waals surface area contributed by atoms with Crippen molar-refractivity contribution in [3.63, 3.8) is 0 Å². The van der Waals surface area contributed by atoms with Crippen molar-refractivity contribution in [2.75, 3.05) is 0 Å². The van der Waals surface area contributed by atoms with E-state index in [1.54, 1.807) is 18.3 Å². The normalized spacial score (nSPS) is 24.2. The molecule has 18 heavy (non-hydrogen) atoms. The molecule has 0 saturated heterocycles. The number of carbonyl (C=O) groups is 1. The van der Waals surface area contributed by atoms with Gasteiger partial charge in [-0.3, -0.25) is 9.78 Å². The molecule has 4 heteroatoms. The Balaban J connectivity index is 2.00. The average molecular weight is 248 g/mol. The zero-order valence-corrected chi connectivity index (χ0v) is 10.9. The molecule has 2 N–H and O–H groups in total. The molecule has 1 fully saturated rings. The van der Waals surface area contributed by atoms with Gasteiger partial charge in [0.05, 0.1) is 11.7 Å². The third-order valence-corrected chi connectivity index (χ3v) is 3.73. The van der Waals surface area contributed by atoms with Gasteiger partial charge in [-0.25, -0.2) is 0 Å². The Morgan fingerprint density at radius 3 is 2.89 bits per heavy atom. The van der Waals surface area contributed by atoms with Gasteiger partial charge in [0.2, 0.25) is 0 Å². The lowest BCUT2D eigenvalue weighted by atomic mass is 9.76. The van der Waals surface area contributed by atoms with Crippen LogP contribution in [0.15, 0.2) is 18.3 Å². The van der Waals surface area contributed by atoms with Crippen molar-refractivity contribution in [2.24, 2.45) is 5.92 Å². The first-order valence-corrected chi connectivity index (χ1v) is 6.52. The highest BCUT2D eigenvalue weighted by atomic mass is 16.3. The highest BCUT2D eigenvalue weighted by Gasteiger charge is 2.33. The molecule has 0 radical (unpaired) electrons. The Labute approximate surface area is 107 Å². The summed E-state index contributed by atoms with van der Waals surface area (Å²) in [6.45, 7) is 3.90. The summed E-state index contributed by atoms with van der Waals surface area (Å²) in [5.74, 6) is 0.347. The predicted octanol–water partition coefficient (Wildman–Crippen LogP) is 1.67. The first-order chi connectivity index (χ1) is 8.61. The fourth-order valence-corrected chi connectivity index (χ4v) is 2.48. The molecule has 0 aliphatic heterocycles. The lowest BCUT2D eigenvalue weighted by Gasteiger charge is -2.37. The zero-order chi connectivity index (χ0) is 13.1. The minimum atomic E-state index is -0.180. The molecular weight excluding hydrogens is 228 g/mol. The summed E-state index contributed by atoms with van der Waals surface area (Å²) in [5.41, 5.74) is 1.38. The van der Waals surface area contributed by atoms with Gasteiger partial charge in [0, 0.05) is 17.9 Å². The maximum Gasteiger partial charge on any atom is 0.253 e. The number of aliphatic hydroxyl groups is 1. The van der Waals surface area contributed by atoms with Gasteiger partial charge in [-0.05, 0) is 44.2 Å². The van der Waals surface area contributed by atoms with Crippen molar-refractivity contribution in [1.29, 1.82) is 0 Å². The van der Waals surface area contributed by atoms with Crippen molar-refractivity contribution in [3.8, 4) is 0 Å². The second-order valence-corrected chi connectivity index (χ2v) is 5.01. The molecule has 2 rings (SSSR count). The van der Waals surface area contributed by atoms with Crippen molar-refractivity contribution in [1.82, 2.24) is 10.3 Å². The summed E-state index contributed by atoms with van der Waals surface area (Å²) >= 11 is 0. The number of nitrogens with zero attached hydrogens (tertiary/aromatic N) is 1. The lowest BCUT2D eigenvalue weighted by molar-refractivity contribution is 0.0232. The van der Waals surface area contributed by atoms with Crippen molar-refractivity contribution >= 4 is 5.91 Å². The molecule has 1 atom stereocenters. The third-order valence-electron chi connectivity index (χ3n) is 3.73. The minimum absolute atomic E-state index is 0.0613. The predicted molar refractivity (Wildman–Crippen MR) is 69.3 cm³/mol. The number of hydrogen-bond acceptors (Lipinski definition) is 3. The first kappa shape index (κ1) is 13.0. The van der Waals surface area contributed by atoms with Crippen LogP contribution < -0.4 is 5.32 Å². The molecular formula is C14H20N2O2. The van der Waals surface area contributed by atoms with E-state index in [4.69, 9.17) is 0 Å². The lowest BCUT2D eigenvalue weighted by Crippen LogP contribution is -2.46. The van der Waals surface area contributed by atoms with Gasteiger partial charge in [0.25, 0.3) is 5.91 Å². The first-order valence-electron chi connectivity index (χ1n) is 6.52. The Bertz CT molecular complexity index is 428. The Hall–Kier alpha value is -1.42. The summed E-state index contributed by atoms with van der Waals surface area (Å²) in [7, 11) is 0. The molecule has 1 aliphatic rings. The molecule has 0 aromatic carbocycles. The second kappa shape index (κ2) is 5.48. The van der Waals surface area contributed by atoms with Gasteiger partial charge < -0.3 is 10.4 Å². The number of amides is 1. The van der Waals surface area contributed by atoms with Crippen molar-refractivity contribution < 1.29 is 9.90 Å². The van der Waals surface area contributed by atoms with E-state index in [9.17, 15) is 9.90 Å². The number of rotatable bonds is 4. The molecule has 0 bridgehead atoms. The van der Waals surface area contributed by atoms with E-state index in [1.807, 2.05) is 6.92 Å². The van der Waals surface area contributed by atoms with Crippen LogP contribution in [0.5, 0.6) is 0 Å². The fraction of sp³-hybridized carbons (Fsp3) is 0.571. The highest BCUT2D eigenvalue weighted by Crippen LogP contribution is 2.31. The SMILES string of the molecule is CCC(NC(=O)c1cccnc1C)C1CC(O)C1. The van der Waals surface area contributed by atoms with Gasteiger partial charge in [-0.15, -0.1) is 0 Å². The number of aromatic nitrogens is 1. The summed E-state index contributed by atoms with van der Waals surface area (Å²) < 4.78 is 0. The number of nitrogens with one attached hydrogen (secondary N) is 1. The molecule has 98 valence electrons. The van der Waals surface area contributed by atoms with E-state index in [1.165, 1.54) is 0 Å². The molecule has 1 aromatic rings. The Morgan fingerprint density at radius 2 is 2.33 bits per heavy atom. The quantitative estimate of drug-likeness (QED) is 0.852. The number of hydrogen-bond donors (Lipinski definition) is 2.